The van der Waals surface area contributed by atoms with E-state index < -0.39 is 5.97 Å². The zero-order chi connectivity index (χ0) is 12.1. The summed E-state index contributed by atoms with van der Waals surface area (Å²) in [6.07, 6.45) is 3.45. The molecule has 0 fully saturated rings. The van der Waals surface area contributed by atoms with E-state index in [2.05, 4.69) is 18.8 Å². The molecule has 1 aromatic heterocycles. The van der Waals surface area contributed by atoms with Crippen LogP contribution in [0.2, 0.25) is 0 Å². The lowest BCUT2D eigenvalue weighted by molar-refractivity contribution is -0.135. The summed E-state index contributed by atoms with van der Waals surface area (Å²) in [5.74, 6) is -0.385. The largest absolute Gasteiger partial charge is 0.480 e. The Balaban J connectivity index is 2.91. The molecule has 88 valence electrons. The van der Waals surface area contributed by atoms with Crippen molar-refractivity contribution in [3.8, 4) is 0 Å². The number of hydrogen-bond donors (Lipinski definition) is 1. The smallest absolute Gasteiger partial charge is 0.323 e. The molecule has 4 nitrogen and oxygen atoms in total. The number of carbonyl (C=O) groups is 1. The standard InChI is InChI=1S/C12H18N2O2/c1-9(2)7-14(8-12(15)16)11-4-5-13-6-10(11)3/h4-6,9H,7-8H2,1-3H3,(H,15,16). The number of carboxylic acid groups (broad SMARTS) is 1. The van der Waals surface area contributed by atoms with Crippen LogP contribution in [0, 0.1) is 12.8 Å². The fraction of sp³-hybridized carbons (Fsp3) is 0.500. The fourth-order valence-corrected chi connectivity index (χ4v) is 1.67. The molecule has 0 aliphatic carbocycles. The SMILES string of the molecule is Cc1cnccc1N(CC(=O)O)CC(C)C. The minimum Gasteiger partial charge on any atom is -0.480 e. The molecule has 0 saturated carbocycles. The molecule has 1 heterocycles. The van der Waals surface area contributed by atoms with Gasteiger partial charge in [-0.1, -0.05) is 13.8 Å². The van der Waals surface area contributed by atoms with Gasteiger partial charge in [-0.2, -0.15) is 0 Å². The summed E-state index contributed by atoms with van der Waals surface area (Å²) in [6.45, 7) is 6.86. The molecule has 0 atom stereocenters. The molecule has 0 aromatic carbocycles. The van der Waals surface area contributed by atoms with Gasteiger partial charge in [-0.3, -0.25) is 9.78 Å². The summed E-state index contributed by atoms with van der Waals surface area (Å²) in [4.78, 5) is 16.7. The van der Waals surface area contributed by atoms with E-state index in [4.69, 9.17) is 5.11 Å². The van der Waals surface area contributed by atoms with Crippen LogP contribution in [0.15, 0.2) is 18.5 Å². The third kappa shape index (κ3) is 3.53. The van der Waals surface area contributed by atoms with Crippen LogP contribution in [0.4, 0.5) is 5.69 Å². The van der Waals surface area contributed by atoms with Gasteiger partial charge in [-0.05, 0) is 24.5 Å². The topological polar surface area (TPSA) is 53.4 Å². The highest BCUT2D eigenvalue weighted by Crippen LogP contribution is 2.19. The maximum Gasteiger partial charge on any atom is 0.323 e. The van der Waals surface area contributed by atoms with Gasteiger partial charge in [0, 0.05) is 24.6 Å². The summed E-state index contributed by atoms with van der Waals surface area (Å²) in [5.41, 5.74) is 1.95. The predicted octanol–water partition coefficient (Wildman–Crippen LogP) is 1.94. The predicted molar refractivity (Wildman–Crippen MR) is 63.7 cm³/mol. The zero-order valence-corrected chi connectivity index (χ0v) is 9.97. The Morgan fingerprint density at radius 2 is 2.25 bits per heavy atom. The van der Waals surface area contributed by atoms with Crippen molar-refractivity contribution in [2.45, 2.75) is 20.8 Å². The molecule has 0 aliphatic rings. The molecule has 0 saturated heterocycles. The lowest BCUT2D eigenvalue weighted by Crippen LogP contribution is -2.33. The normalized spacial score (nSPS) is 10.5. The van der Waals surface area contributed by atoms with Gasteiger partial charge in [0.05, 0.1) is 0 Å². The fourth-order valence-electron chi connectivity index (χ4n) is 1.67. The van der Waals surface area contributed by atoms with Crippen molar-refractivity contribution in [2.24, 2.45) is 5.92 Å². The maximum absolute atomic E-state index is 10.8. The molecule has 1 N–H and O–H groups in total. The first-order valence-electron chi connectivity index (χ1n) is 5.38. The molecule has 0 spiro atoms. The van der Waals surface area contributed by atoms with Crippen LogP contribution < -0.4 is 4.90 Å². The number of aryl methyl sites for hydroxylation is 1. The summed E-state index contributed by atoms with van der Waals surface area (Å²) in [5, 5.41) is 8.89. The van der Waals surface area contributed by atoms with Crippen molar-refractivity contribution >= 4 is 11.7 Å². The Hall–Kier alpha value is -1.58. The van der Waals surface area contributed by atoms with E-state index in [0.29, 0.717) is 5.92 Å². The number of rotatable bonds is 5. The van der Waals surface area contributed by atoms with Gasteiger partial charge in [-0.25, -0.2) is 0 Å². The average molecular weight is 222 g/mol. The molecular formula is C12H18N2O2. The van der Waals surface area contributed by atoms with E-state index in [1.165, 1.54) is 0 Å². The third-order valence-electron chi connectivity index (χ3n) is 2.24. The van der Waals surface area contributed by atoms with Gasteiger partial charge in [0.1, 0.15) is 6.54 Å². The Labute approximate surface area is 95.9 Å². The third-order valence-corrected chi connectivity index (χ3v) is 2.24. The number of pyridine rings is 1. The highest BCUT2D eigenvalue weighted by Gasteiger charge is 2.13. The monoisotopic (exact) mass is 222 g/mol. The average Bonchev–Trinajstić information content (AvgIpc) is 2.15. The second-order valence-electron chi connectivity index (χ2n) is 4.33. The Morgan fingerprint density at radius 1 is 1.56 bits per heavy atom. The molecule has 0 amide bonds. The van der Waals surface area contributed by atoms with Crippen molar-refractivity contribution in [2.75, 3.05) is 18.0 Å². The molecule has 0 aliphatic heterocycles. The number of hydrogen-bond acceptors (Lipinski definition) is 3. The Kier molecular flexibility index (Phi) is 4.28. The summed E-state index contributed by atoms with van der Waals surface area (Å²) in [6, 6.07) is 1.86. The summed E-state index contributed by atoms with van der Waals surface area (Å²) in [7, 11) is 0. The molecule has 16 heavy (non-hydrogen) atoms. The number of anilines is 1. The molecule has 1 rings (SSSR count). The zero-order valence-electron chi connectivity index (χ0n) is 9.97. The Morgan fingerprint density at radius 3 is 2.75 bits per heavy atom. The highest BCUT2D eigenvalue weighted by molar-refractivity contribution is 5.74. The van der Waals surface area contributed by atoms with Gasteiger partial charge in [-0.15, -0.1) is 0 Å². The first-order chi connectivity index (χ1) is 7.50. The van der Waals surface area contributed by atoms with Crippen molar-refractivity contribution in [3.05, 3.63) is 24.0 Å². The maximum atomic E-state index is 10.8. The molecular weight excluding hydrogens is 204 g/mol. The van der Waals surface area contributed by atoms with E-state index in [1.54, 1.807) is 12.4 Å². The van der Waals surface area contributed by atoms with Gasteiger partial charge < -0.3 is 10.0 Å². The van der Waals surface area contributed by atoms with E-state index in [9.17, 15) is 4.79 Å². The van der Waals surface area contributed by atoms with Crippen molar-refractivity contribution in [3.63, 3.8) is 0 Å². The second-order valence-corrected chi connectivity index (χ2v) is 4.33. The van der Waals surface area contributed by atoms with Crippen molar-refractivity contribution in [1.82, 2.24) is 4.98 Å². The van der Waals surface area contributed by atoms with Gasteiger partial charge >= 0.3 is 5.97 Å². The summed E-state index contributed by atoms with van der Waals surface area (Å²) < 4.78 is 0. The van der Waals surface area contributed by atoms with Crippen molar-refractivity contribution < 1.29 is 9.90 Å². The lowest BCUT2D eigenvalue weighted by atomic mass is 10.1. The van der Waals surface area contributed by atoms with Gasteiger partial charge in [0.15, 0.2) is 0 Å². The number of aliphatic carboxylic acids is 1. The number of nitrogens with zero attached hydrogens (tertiary/aromatic N) is 2. The first kappa shape index (κ1) is 12.5. The van der Waals surface area contributed by atoms with E-state index in [-0.39, 0.29) is 6.54 Å². The van der Waals surface area contributed by atoms with E-state index >= 15 is 0 Å². The van der Waals surface area contributed by atoms with E-state index in [1.807, 2.05) is 17.9 Å². The molecule has 0 radical (unpaired) electrons. The van der Waals surface area contributed by atoms with Gasteiger partial charge in [0.2, 0.25) is 0 Å². The minimum atomic E-state index is -0.808. The van der Waals surface area contributed by atoms with E-state index in [0.717, 1.165) is 17.8 Å². The van der Waals surface area contributed by atoms with Crippen LogP contribution in [-0.2, 0) is 4.79 Å². The van der Waals surface area contributed by atoms with Crippen LogP contribution in [0.1, 0.15) is 19.4 Å². The second kappa shape index (κ2) is 5.49. The van der Waals surface area contributed by atoms with Crippen LogP contribution >= 0.6 is 0 Å². The molecule has 4 heteroatoms. The molecule has 0 unspecified atom stereocenters. The minimum absolute atomic E-state index is 0.0308. The highest BCUT2D eigenvalue weighted by atomic mass is 16.4. The number of aromatic nitrogens is 1. The number of carboxylic acids is 1. The molecule has 1 aromatic rings. The van der Waals surface area contributed by atoms with Crippen LogP contribution in [-0.4, -0.2) is 29.1 Å². The Bertz CT molecular complexity index is 364. The van der Waals surface area contributed by atoms with Crippen LogP contribution in [0.25, 0.3) is 0 Å². The molecule has 0 bridgehead atoms. The lowest BCUT2D eigenvalue weighted by Gasteiger charge is -2.26. The first-order valence-corrected chi connectivity index (χ1v) is 5.38. The van der Waals surface area contributed by atoms with Crippen LogP contribution in [0.3, 0.4) is 0 Å². The van der Waals surface area contributed by atoms with Crippen molar-refractivity contribution in [1.29, 1.82) is 0 Å². The van der Waals surface area contributed by atoms with Crippen LogP contribution in [0.5, 0.6) is 0 Å². The quantitative estimate of drug-likeness (QED) is 0.827. The van der Waals surface area contributed by atoms with Gasteiger partial charge in [0.25, 0.3) is 0 Å². The summed E-state index contributed by atoms with van der Waals surface area (Å²) >= 11 is 0.